The van der Waals surface area contributed by atoms with Gasteiger partial charge in [0.05, 0.1) is 30.6 Å². The van der Waals surface area contributed by atoms with E-state index in [1.807, 2.05) is 0 Å². The molecule has 0 bridgehead atoms. The number of carboxylic acids is 1. The average molecular weight is 293 g/mol. The molecule has 5 nitrogen and oxygen atoms in total. The van der Waals surface area contributed by atoms with E-state index in [-0.39, 0.29) is 5.56 Å². The highest BCUT2D eigenvalue weighted by atomic mass is 35.5. The van der Waals surface area contributed by atoms with Crippen molar-refractivity contribution in [1.29, 1.82) is 0 Å². The molecule has 0 fully saturated rings. The normalized spacial score (nSPS) is 10.1. The lowest BCUT2D eigenvalue weighted by Gasteiger charge is -2.11. The van der Waals surface area contributed by atoms with E-state index in [9.17, 15) is 4.79 Å². The summed E-state index contributed by atoms with van der Waals surface area (Å²) in [6.45, 7) is 0.441. The van der Waals surface area contributed by atoms with Gasteiger partial charge in [0.2, 0.25) is 0 Å². The van der Waals surface area contributed by atoms with Gasteiger partial charge in [0.15, 0.2) is 0 Å². The van der Waals surface area contributed by atoms with Crippen LogP contribution in [0.1, 0.15) is 16.1 Å². The van der Waals surface area contributed by atoms with Crippen molar-refractivity contribution in [2.45, 2.75) is 6.54 Å². The molecule has 2 rings (SSSR count). The number of anilines is 1. The first-order valence-electron chi connectivity index (χ1n) is 5.86. The molecule has 1 aromatic heterocycles. The van der Waals surface area contributed by atoms with Gasteiger partial charge in [0.25, 0.3) is 0 Å². The van der Waals surface area contributed by atoms with Crippen LogP contribution >= 0.6 is 11.6 Å². The van der Waals surface area contributed by atoms with Crippen LogP contribution in [0.15, 0.2) is 36.5 Å². The Kier molecular flexibility index (Phi) is 4.42. The summed E-state index contributed by atoms with van der Waals surface area (Å²) in [7, 11) is 1.58. The summed E-state index contributed by atoms with van der Waals surface area (Å²) in [4.78, 5) is 14.8. The minimum Gasteiger partial charge on any atom is -0.495 e. The van der Waals surface area contributed by atoms with E-state index < -0.39 is 5.97 Å². The Morgan fingerprint density at radius 1 is 1.40 bits per heavy atom. The molecule has 20 heavy (non-hydrogen) atoms. The predicted octanol–water partition coefficient (Wildman–Crippen LogP) is 3.05. The van der Waals surface area contributed by atoms with E-state index in [0.717, 1.165) is 11.4 Å². The first-order chi connectivity index (χ1) is 9.60. The second-order valence-corrected chi connectivity index (χ2v) is 4.48. The fourth-order valence-electron chi connectivity index (χ4n) is 1.66. The van der Waals surface area contributed by atoms with Crippen LogP contribution in [-0.4, -0.2) is 23.2 Å². The van der Waals surface area contributed by atoms with Crippen LogP contribution in [-0.2, 0) is 6.54 Å². The maximum Gasteiger partial charge on any atom is 0.337 e. The molecule has 0 amide bonds. The van der Waals surface area contributed by atoms with E-state index in [1.165, 1.54) is 12.3 Å². The Morgan fingerprint density at radius 2 is 2.20 bits per heavy atom. The number of hydrogen-bond acceptors (Lipinski definition) is 4. The van der Waals surface area contributed by atoms with Crippen molar-refractivity contribution in [2.24, 2.45) is 0 Å². The maximum absolute atomic E-state index is 10.7. The maximum atomic E-state index is 10.7. The highest BCUT2D eigenvalue weighted by Gasteiger charge is 2.05. The van der Waals surface area contributed by atoms with Crippen molar-refractivity contribution < 1.29 is 14.6 Å². The van der Waals surface area contributed by atoms with E-state index in [4.69, 9.17) is 21.4 Å². The third-order valence-electron chi connectivity index (χ3n) is 2.69. The molecule has 6 heteroatoms. The van der Waals surface area contributed by atoms with E-state index in [0.29, 0.717) is 17.3 Å². The molecular weight excluding hydrogens is 280 g/mol. The Bertz CT molecular complexity index is 614. The SMILES string of the molecule is COc1ccc(Cl)cc1NCc1ccc(C(=O)O)cn1. The molecule has 0 spiro atoms. The zero-order valence-corrected chi connectivity index (χ0v) is 11.5. The Morgan fingerprint density at radius 3 is 2.80 bits per heavy atom. The number of methoxy groups -OCH3 is 1. The molecule has 0 atom stereocenters. The van der Waals surface area contributed by atoms with E-state index in [1.54, 1.807) is 31.4 Å². The second-order valence-electron chi connectivity index (χ2n) is 4.04. The molecule has 0 radical (unpaired) electrons. The topological polar surface area (TPSA) is 71.5 Å². The minimum absolute atomic E-state index is 0.161. The van der Waals surface area contributed by atoms with Crippen molar-refractivity contribution in [1.82, 2.24) is 4.98 Å². The summed E-state index contributed by atoms with van der Waals surface area (Å²) in [5.74, 6) is -0.315. The van der Waals surface area contributed by atoms with Gasteiger partial charge in [-0.15, -0.1) is 0 Å². The summed E-state index contributed by atoms with van der Waals surface area (Å²) in [6.07, 6.45) is 1.33. The van der Waals surface area contributed by atoms with Gasteiger partial charge in [-0.05, 0) is 30.3 Å². The summed E-state index contributed by atoms with van der Waals surface area (Å²) in [5, 5.41) is 12.5. The average Bonchev–Trinajstić information content (AvgIpc) is 2.45. The van der Waals surface area contributed by atoms with Gasteiger partial charge in [0.1, 0.15) is 5.75 Å². The summed E-state index contributed by atoms with van der Waals surface area (Å²) < 4.78 is 5.22. The standard InChI is InChI=1S/C14H13ClN2O3/c1-20-13-5-3-10(15)6-12(13)17-8-11-4-2-9(7-16-11)14(18)19/h2-7,17H,8H2,1H3,(H,18,19). The van der Waals surface area contributed by atoms with Gasteiger partial charge < -0.3 is 15.2 Å². The number of carbonyl (C=O) groups is 1. The molecule has 2 aromatic rings. The molecule has 0 aliphatic carbocycles. The second kappa shape index (κ2) is 6.25. The number of ether oxygens (including phenoxy) is 1. The van der Waals surface area contributed by atoms with Crippen LogP contribution in [0.5, 0.6) is 5.75 Å². The number of carboxylic acid groups (broad SMARTS) is 1. The van der Waals surface area contributed by atoms with Crippen LogP contribution in [0.3, 0.4) is 0 Å². The number of halogens is 1. The lowest BCUT2D eigenvalue weighted by molar-refractivity contribution is 0.0696. The molecular formula is C14H13ClN2O3. The van der Waals surface area contributed by atoms with Crippen LogP contribution in [0.4, 0.5) is 5.69 Å². The van der Waals surface area contributed by atoms with Crippen LogP contribution in [0.2, 0.25) is 5.02 Å². The first kappa shape index (κ1) is 14.1. The summed E-state index contributed by atoms with van der Waals surface area (Å²) in [6, 6.07) is 8.44. The third-order valence-corrected chi connectivity index (χ3v) is 2.93. The quantitative estimate of drug-likeness (QED) is 0.886. The van der Waals surface area contributed by atoms with Crippen LogP contribution < -0.4 is 10.1 Å². The summed E-state index contributed by atoms with van der Waals surface area (Å²) >= 11 is 5.93. The molecule has 0 saturated carbocycles. The van der Waals surface area contributed by atoms with Crippen molar-refractivity contribution >= 4 is 23.3 Å². The Hall–Kier alpha value is -2.27. The third kappa shape index (κ3) is 3.39. The number of pyridine rings is 1. The number of hydrogen-bond donors (Lipinski definition) is 2. The Balaban J connectivity index is 2.08. The van der Waals surface area contributed by atoms with Crippen molar-refractivity contribution in [2.75, 3.05) is 12.4 Å². The highest BCUT2D eigenvalue weighted by molar-refractivity contribution is 6.30. The van der Waals surface area contributed by atoms with Gasteiger partial charge >= 0.3 is 5.97 Å². The van der Waals surface area contributed by atoms with E-state index in [2.05, 4.69) is 10.3 Å². The Labute approximate surface area is 121 Å². The van der Waals surface area contributed by atoms with Crippen molar-refractivity contribution in [3.05, 3.63) is 52.8 Å². The molecule has 2 N–H and O–H groups in total. The largest absolute Gasteiger partial charge is 0.495 e. The lowest BCUT2D eigenvalue weighted by Crippen LogP contribution is -2.04. The van der Waals surface area contributed by atoms with E-state index >= 15 is 0 Å². The van der Waals surface area contributed by atoms with Gasteiger partial charge in [-0.2, -0.15) is 0 Å². The number of benzene rings is 1. The minimum atomic E-state index is -0.992. The van der Waals surface area contributed by atoms with Crippen LogP contribution in [0.25, 0.3) is 0 Å². The highest BCUT2D eigenvalue weighted by Crippen LogP contribution is 2.27. The van der Waals surface area contributed by atoms with Crippen molar-refractivity contribution in [3.8, 4) is 5.75 Å². The van der Waals surface area contributed by atoms with Crippen molar-refractivity contribution in [3.63, 3.8) is 0 Å². The zero-order valence-electron chi connectivity index (χ0n) is 10.8. The first-order valence-corrected chi connectivity index (χ1v) is 6.23. The monoisotopic (exact) mass is 292 g/mol. The number of aromatic nitrogens is 1. The lowest BCUT2D eigenvalue weighted by atomic mass is 10.2. The zero-order chi connectivity index (χ0) is 14.5. The molecule has 1 heterocycles. The fraction of sp³-hybridized carbons (Fsp3) is 0.143. The molecule has 0 saturated heterocycles. The number of nitrogens with one attached hydrogen (secondary N) is 1. The molecule has 0 aliphatic rings. The predicted molar refractivity (Wildman–Crippen MR) is 76.5 cm³/mol. The number of nitrogens with zero attached hydrogens (tertiary/aromatic N) is 1. The molecule has 1 aromatic carbocycles. The molecule has 0 aliphatic heterocycles. The number of aromatic carboxylic acids is 1. The smallest absolute Gasteiger partial charge is 0.337 e. The molecule has 104 valence electrons. The molecule has 0 unspecified atom stereocenters. The summed E-state index contributed by atoms with van der Waals surface area (Å²) in [5.41, 5.74) is 1.63. The van der Waals surface area contributed by atoms with Crippen LogP contribution in [0, 0.1) is 0 Å². The van der Waals surface area contributed by atoms with Gasteiger partial charge in [0, 0.05) is 11.2 Å². The number of rotatable bonds is 5. The van der Waals surface area contributed by atoms with Gasteiger partial charge in [-0.1, -0.05) is 11.6 Å². The van der Waals surface area contributed by atoms with Gasteiger partial charge in [-0.25, -0.2) is 4.79 Å². The van der Waals surface area contributed by atoms with Gasteiger partial charge in [-0.3, -0.25) is 4.98 Å². The fourth-order valence-corrected chi connectivity index (χ4v) is 1.83.